The van der Waals surface area contributed by atoms with Crippen LogP contribution in [0.4, 0.5) is 13.2 Å². The van der Waals surface area contributed by atoms with Gasteiger partial charge in [-0.3, -0.25) is 14.8 Å². The van der Waals surface area contributed by atoms with Crippen molar-refractivity contribution < 1.29 is 18.0 Å². The van der Waals surface area contributed by atoms with Crippen LogP contribution in [0.15, 0.2) is 36.5 Å². The molecule has 2 aromatic heterocycles. The van der Waals surface area contributed by atoms with Crippen molar-refractivity contribution >= 4 is 5.78 Å². The first-order chi connectivity index (χ1) is 9.84. The number of ketones is 1. The third-order valence-electron chi connectivity index (χ3n) is 2.84. The van der Waals surface area contributed by atoms with Crippen LogP contribution in [0.5, 0.6) is 0 Å². The van der Waals surface area contributed by atoms with Crippen molar-refractivity contribution in [1.82, 2.24) is 9.97 Å². The molecule has 0 saturated carbocycles. The molecule has 110 valence electrons. The normalized spacial score (nSPS) is 11.4. The number of nitrogens with zero attached hydrogens (tertiary/aromatic N) is 2. The van der Waals surface area contributed by atoms with Crippen LogP contribution in [0.25, 0.3) is 0 Å². The minimum atomic E-state index is -4.46. The molecule has 0 amide bonds. The fourth-order valence-corrected chi connectivity index (χ4v) is 1.89. The molecule has 2 heterocycles. The molecule has 0 bridgehead atoms. The zero-order valence-corrected chi connectivity index (χ0v) is 11.3. The highest BCUT2D eigenvalue weighted by Gasteiger charge is 2.32. The molecule has 0 N–H and O–H groups in total. The summed E-state index contributed by atoms with van der Waals surface area (Å²) in [5.74, 6) is -0.116. The van der Waals surface area contributed by atoms with Gasteiger partial charge in [0.15, 0.2) is 0 Å². The number of pyridine rings is 2. The van der Waals surface area contributed by atoms with Crippen LogP contribution < -0.4 is 0 Å². The minimum absolute atomic E-state index is 0.0424. The minimum Gasteiger partial charge on any atom is -0.299 e. The molecule has 0 fully saturated rings. The zero-order valence-electron chi connectivity index (χ0n) is 11.3. The fraction of sp³-hybridized carbons (Fsp3) is 0.267. The summed E-state index contributed by atoms with van der Waals surface area (Å²) in [6, 6.07) is 7.54. The van der Waals surface area contributed by atoms with Gasteiger partial charge in [-0.25, -0.2) is 0 Å². The van der Waals surface area contributed by atoms with Crippen molar-refractivity contribution in [3.63, 3.8) is 0 Å². The van der Waals surface area contributed by atoms with Gasteiger partial charge < -0.3 is 0 Å². The molecule has 21 heavy (non-hydrogen) atoms. The van der Waals surface area contributed by atoms with E-state index in [1.54, 1.807) is 6.07 Å². The SMILES string of the molecule is Cc1cccc(CC(=O)Cc2ccc(C(F)(F)F)nc2)n1. The average Bonchev–Trinajstić information content (AvgIpc) is 2.38. The summed E-state index contributed by atoms with van der Waals surface area (Å²) in [6.45, 7) is 1.83. The second-order valence-electron chi connectivity index (χ2n) is 4.71. The molecular formula is C15H13F3N2O. The number of carbonyl (C=O) groups excluding carboxylic acids is 1. The van der Waals surface area contributed by atoms with Gasteiger partial charge in [-0.2, -0.15) is 13.2 Å². The van der Waals surface area contributed by atoms with Gasteiger partial charge in [-0.05, 0) is 30.7 Å². The lowest BCUT2D eigenvalue weighted by atomic mass is 10.1. The molecule has 6 heteroatoms. The van der Waals surface area contributed by atoms with Crippen LogP contribution in [-0.4, -0.2) is 15.8 Å². The third-order valence-corrected chi connectivity index (χ3v) is 2.84. The standard InChI is InChI=1S/C15H13F3N2O/c1-10-3-2-4-12(20-10)8-13(21)7-11-5-6-14(19-9-11)15(16,17)18/h2-6,9H,7-8H2,1H3. The van der Waals surface area contributed by atoms with E-state index in [1.165, 1.54) is 6.07 Å². The van der Waals surface area contributed by atoms with Gasteiger partial charge in [0.2, 0.25) is 0 Å². The van der Waals surface area contributed by atoms with Crippen LogP contribution in [0, 0.1) is 6.92 Å². The molecule has 0 atom stereocenters. The summed E-state index contributed by atoms with van der Waals surface area (Å²) in [4.78, 5) is 19.4. The Balaban J connectivity index is 2.00. The van der Waals surface area contributed by atoms with Gasteiger partial charge in [-0.1, -0.05) is 12.1 Å². The van der Waals surface area contributed by atoms with Gasteiger partial charge in [-0.15, -0.1) is 0 Å². The van der Waals surface area contributed by atoms with Crippen LogP contribution in [0.2, 0.25) is 0 Å². The number of hydrogen-bond donors (Lipinski definition) is 0. The lowest BCUT2D eigenvalue weighted by molar-refractivity contribution is -0.141. The Hall–Kier alpha value is -2.24. The molecular weight excluding hydrogens is 281 g/mol. The third kappa shape index (κ3) is 4.37. The Morgan fingerprint density at radius 2 is 1.90 bits per heavy atom. The van der Waals surface area contributed by atoms with Crippen molar-refractivity contribution in [3.05, 3.63) is 59.2 Å². The van der Waals surface area contributed by atoms with E-state index in [0.717, 1.165) is 18.0 Å². The maximum absolute atomic E-state index is 12.4. The van der Waals surface area contributed by atoms with Crippen molar-refractivity contribution in [2.75, 3.05) is 0 Å². The lowest BCUT2D eigenvalue weighted by Crippen LogP contribution is -2.10. The quantitative estimate of drug-likeness (QED) is 0.870. The molecule has 0 unspecified atom stereocenters. The summed E-state index contributed by atoms with van der Waals surface area (Å²) in [5.41, 5.74) is 0.969. The number of carbonyl (C=O) groups is 1. The highest BCUT2D eigenvalue weighted by atomic mass is 19.4. The molecule has 0 spiro atoms. The van der Waals surface area contributed by atoms with Crippen molar-refractivity contribution in [1.29, 1.82) is 0 Å². The Morgan fingerprint density at radius 1 is 1.14 bits per heavy atom. The number of aromatic nitrogens is 2. The molecule has 0 saturated heterocycles. The first-order valence-corrected chi connectivity index (χ1v) is 6.31. The Bertz CT molecular complexity index is 636. The molecule has 0 aromatic carbocycles. The molecule has 0 aliphatic rings. The van der Waals surface area contributed by atoms with E-state index in [9.17, 15) is 18.0 Å². The number of halogens is 3. The first-order valence-electron chi connectivity index (χ1n) is 6.31. The highest BCUT2D eigenvalue weighted by molar-refractivity contribution is 5.82. The molecule has 3 nitrogen and oxygen atoms in total. The largest absolute Gasteiger partial charge is 0.433 e. The van der Waals surface area contributed by atoms with Crippen molar-refractivity contribution in [2.24, 2.45) is 0 Å². The number of hydrogen-bond acceptors (Lipinski definition) is 3. The van der Waals surface area contributed by atoms with E-state index < -0.39 is 11.9 Å². The summed E-state index contributed by atoms with van der Waals surface area (Å²) in [6.07, 6.45) is -3.18. The summed E-state index contributed by atoms with van der Waals surface area (Å²) >= 11 is 0. The molecule has 2 aromatic rings. The van der Waals surface area contributed by atoms with Crippen molar-refractivity contribution in [2.45, 2.75) is 25.9 Å². The predicted octanol–water partition coefficient (Wildman–Crippen LogP) is 3.16. The molecule has 0 radical (unpaired) electrons. The van der Waals surface area contributed by atoms with Gasteiger partial charge in [0.1, 0.15) is 11.5 Å². The average molecular weight is 294 g/mol. The van der Waals surface area contributed by atoms with Crippen LogP contribution >= 0.6 is 0 Å². The number of alkyl halides is 3. The van der Waals surface area contributed by atoms with Gasteiger partial charge in [0.05, 0.1) is 0 Å². The maximum atomic E-state index is 12.4. The van der Waals surface area contributed by atoms with Crippen LogP contribution in [-0.2, 0) is 23.8 Å². The highest BCUT2D eigenvalue weighted by Crippen LogP contribution is 2.27. The Labute approximate surface area is 119 Å². The monoisotopic (exact) mass is 294 g/mol. The lowest BCUT2D eigenvalue weighted by Gasteiger charge is -2.06. The summed E-state index contributed by atoms with van der Waals surface area (Å²) in [7, 11) is 0. The van der Waals surface area contributed by atoms with E-state index in [-0.39, 0.29) is 18.6 Å². The number of aryl methyl sites for hydroxylation is 1. The predicted molar refractivity (Wildman–Crippen MR) is 70.6 cm³/mol. The molecule has 0 aliphatic carbocycles. The number of rotatable bonds is 4. The number of Topliss-reactive ketones (excluding diaryl/α,β-unsaturated/α-hetero) is 1. The van der Waals surface area contributed by atoms with E-state index in [2.05, 4.69) is 9.97 Å². The summed E-state index contributed by atoms with van der Waals surface area (Å²) in [5, 5.41) is 0. The maximum Gasteiger partial charge on any atom is 0.433 e. The van der Waals surface area contributed by atoms with Crippen LogP contribution in [0.3, 0.4) is 0 Å². The fourth-order valence-electron chi connectivity index (χ4n) is 1.89. The van der Waals surface area contributed by atoms with E-state index in [4.69, 9.17) is 0 Å². The Kier molecular flexibility index (Phi) is 4.35. The van der Waals surface area contributed by atoms with Gasteiger partial charge in [0.25, 0.3) is 0 Å². The molecule has 0 aliphatic heterocycles. The van der Waals surface area contributed by atoms with Gasteiger partial charge in [0, 0.05) is 30.4 Å². The van der Waals surface area contributed by atoms with Gasteiger partial charge >= 0.3 is 6.18 Å². The van der Waals surface area contributed by atoms with E-state index in [0.29, 0.717) is 11.3 Å². The van der Waals surface area contributed by atoms with Crippen LogP contribution in [0.1, 0.15) is 22.6 Å². The van der Waals surface area contributed by atoms with E-state index in [1.807, 2.05) is 19.1 Å². The first kappa shape index (κ1) is 15.2. The zero-order chi connectivity index (χ0) is 15.5. The molecule has 2 rings (SSSR count). The summed E-state index contributed by atoms with van der Waals surface area (Å²) < 4.78 is 37.1. The second-order valence-corrected chi connectivity index (χ2v) is 4.71. The van der Waals surface area contributed by atoms with Crippen molar-refractivity contribution in [3.8, 4) is 0 Å². The van der Waals surface area contributed by atoms with E-state index >= 15 is 0 Å². The second kappa shape index (κ2) is 6.03. The smallest absolute Gasteiger partial charge is 0.299 e. The Morgan fingerprint density at radius 3 is 2.48 bits per heavy atom. The topological polar surface area (TPSA) is 42.9 Å².